The zero-order valence-electron chi connectivity index (χ0n) is 12.2. The van der Waals surface area contributed by atoms with Crippen LogP contribution in [-0.2, 0) is 6.54 Å². The molecule has 0 aliphatic rings. The quantitative estimate of drug-likeness (QED) is 0.762. The third-order valence-electron chi connectivity index (χ3n) is 3.55. The maximum Gasteiger partial charge on any atom is 0.251 e. The van der Waals surface area contributed by atoms with Gasteiger partial charge in [0.15, 0.2) is 0 Å². The SMILES string of the molecule is O=C(NCc1ccc(-c2ccccc2)cc1)c1ccccc1. The van der Waals surface area contributed by atoms with E-state index in [0.717, 1.165) is 5.56 Å². The molecule has 0 fully saturated rings. The van der Waals surface area contributed by atoms with Gasteiger partial charge in [0.1, 0.15) is 0 Å². The fraction of sp³-hybridized carbons (Fsp3) is 0.0500. The Bertz CT molecular complexity index is 734. The number of benzene rings is 3. The van der Waals surface area contributed by atoms with Crippen LogP contribution in [0.15, 0.2) is 84.9 Å². The van der Waals surface area contributed by atoms with Crippen molar-refractivity contribution in [3.63, 3.8) is 0 Å². The Hall–Kier alpha value is -2.87. The number of carbonyl (C=O) groups is 1. The summed E-state index contributed by atoms with van der Waals surface area (Å²) in [5.74, 6) is -0.0484. The van der Waals surface area contributed by atoms with Crippen molar-refractivity contribution in [3.8, 4) is 11.1 Å². The molecule has 0 radical (unpaired) electrons. The molecule has 0 aromatic heterocycles. The third-order valence-corrected chi connectivity index (χ3v) is 3.55. The molecule has 0 spiro atoms. The van der Waals surface area contributed by atoms with Crippen molar-refractivity contribution in [1.82, 2.24) is 5.32 Å². The topological polar surface area (TPSA) is 29.1 Å². The Morgan fingerprint density at radius 1 is 0.682 bits per heavy atom. The summed E-state index contributed by atoms with van der Waals surface area (Å²) in [5.41, 5.74) is 4.15. The first-order valence-electron chi connectivity index (χ1n) is 7.30. The molecule has 22 heavy (non-hydrogen) atoms. The largest absolute Gasteiger partial charge is 0.348 e. The van der Waals surface area contributed by atoms with Crippen molar-refractivity contribution in [2.75, 3.05) is 0 Å². The Morgan fingerprint density at radius 2 is 1.23 bits per heavy atom. The summed E-state index contributed by atoms with van der Waals surface area (Å²) < 4.78 is 0. The van der Waals surface area contributed by atoms with Crippen LogP contribution in [0.4, 0.5) is 0 Å². The van der Waals surface area contributed by atoms with Crippen molar-refractivity contribution in [2.45, 2.75) is 6.54 Å². The van der Waals surface area contributed by atoms with Gasteiger partial charge in [0.05, 0.1) is 0 Å². The van der Waals surface area contributed by atoms with Gasteiger partial charge in [-0.25, -0.2) is 0 Å². The molecule has 2 heteroatoms. The van der Waals surface area contributed by atoms with E-state index in [1.165, 1.54) is 11.1 Å². The number of rotatable bonds is 4. The van der Waals surface area contributed by atoms with E-state index in [4.69, 9.17) is 0 Å². The van der Waals surface area contributed by atoms with E-state index < -0.39 is 0 Å². The molecule has 0 heterocycles. The van der Waals surface area contributed by atoms with E-state index in [0.29, 0.717) is 12.1 Å². The van der Waals surface area contributed by atoms with Crippen LogP contribution in [-0.4, -0.2) is 5.91 Å². The van der Waals surface area contributed by atoms with Crippen molar-refractivity contribution in [3.05, 3.63) is 96.1 Å². The lowest BCUT2D eigenvalue weighted by Crippen LogP contribution is -2.22. The highest BCUT2D eigenvalue weighted by Gasteiger charge is 2.04. The van der Waals surface area contributed by atoms with E-state index in [1.54, 1.807) is 0 Å². The first-order valence-corrected chi connectivity index (χ1v) is 7.30. The van der Waals surface area contributed by atoms with Crippen LogP contribution in [0.3, 0.4) is 0 Å². The fourth-order valence-corrected chi connectivity index (χ4v) is 2.32. The molecule has 0 saturated heterocycles. The third kappa shape index (κ3) is 3.41. The monoisotopic (exact) mass is 287 g/mol. The van der Waals surface area contributed by atoms with Crippen LogP contribution in [0.2, 0.25) is 0 Å². The number of hydrogen-bond acceptors (Lipinski definition) is 1. The highest BCUT2D eigenvalue weighted by Crippen LogP contribution is 2.19. The van der Waals surface area contributed by atoms with Crippen LogP contribution in [0.25, 0.3) is 11.1 Å². The highest BCUT2D eigenvalue weighted by molar-refractivity contribution is 5.94. The first kappa shape index (κ1) is 14.1. The summed E-state index contributed by atoms with van der Waals surface area (Å²) in [6, 6.07) is 27.8. The molecular weight excluding hydrogens is 270 g/mol. The van der Waals surface area contributed by atoms with Gasteiger partial charge in [0, 0.05) is 12.1 Å². The number of carbonyl (C=O) groups excluding carboxylic acids is 1. The molecule has 0 aliphatic carbocycles. The second-order valence-electron chi connectivity index (χ2n) is 5.11. The summed E-state index contributed by atoms with van der Waals surface area (Å²) in [6.07, 6.45) is 0. The van der Waals surface area contributed by atoms with E-state index in [1.807, 2.05) is 60.7 Å². The standard InChI is InChI=1S/C20H17NO/c22-20(19-9-5-2-6-10-19)21-15-16-11-13-18(14-12-16)17-7-3-1-4-8-17/h1-14H,15H2,(H,21,22). The van der Waals surface area contributed by atoms with Gasteiger partial charge in [-0.05, 0) is 28.8 Å². The van der Waals surface area contributed by atoms with Gasteiger partial charge in [-0.15, -0.1) is 0 Å². The molecule has 3 rings (SSSR count). The maximum absolute atomic E-state index is 12.0. The lowest BCUT2D eigenvalue weighted by molar-refractivity contribution is 0.0951. The molecule has 0 atom stereocenters. The molecule has 3 aromatic rings. The normalized spacial score (nSPS) is 10.2. The van der Waals surface area contributed by atoms with Crippen LogP contribution in [0.5, 0.6) is 0 Å². The Kier molecular flexibility index (Phi) is 4.30. The van der Waals surface area contributed by atoms with Gasteiger partial charge in [0.2, 0.25) is 0 Å². The van der Waals surface area contributed by atoms with Crippen LogP contribution in [0.1, 0.15) is 15.9 Å². The zero-order valence-corrected chi connectivity index (χ0v) is 12.2. The minimum Gasteiger partial charge on any atom is -0.348 e. The predicted octanol–water partition coefficient (Wildman–Crippen LogP) is 4.28. The molecule has 1 amide bonds. The first-order chi connectivity index (χ1) is 10.8. The van der Waals surface area contributed by atoms with Crippen molar-refractivity contribution in [1.29, 1.82) is 0 Å². The summed E-state index contributed by atoms with van der Waals surface area (Å²) in [4.78, 5) is 12.0. The molecule has 0 saturated carbocycles. The van der Waals surface area contributed by atoms with Gasteiger partial charge in [0.25, 0.3) is 5.91 Å². The van der Waals surface area contributed by atoms with Gasteiger partial charge in [-0.2, -0.15) is 0 Å². The Morgan fingerprint density at radius 3 is 1.86 bits per heavy atom. The molecule has 0 unspecified atom stereocenters. The van der Waals surface area contributed by atoms with E-state index in [2.05, 4.69) is 29.6 Å². The minimum absolute atomic E-state index is 0.0484. The number of hydrogen-bond donors (Lipinski definition) is 1. The van der Waals surface area contributed by atoms with Crippen molar-refractivity contribution < 1.29 is 4.79 Å². The van der Waals surface area contributed by atoms with Crippen LogP contribution >= 0.6 is 0 Å². The number of amides is 1. The lowest BCUT2D eigenvalue weighted by Gasteiger charge is -2.07. The second-order valence-corrected chi connectivity index (χ2v) is 5.11. The van der Waals surface area contributed by atoms with Gasteiger partial charge in [-0.1, -0.05) is 72.8 Å². The summed E-state index contributed by atoms with van der Waals surface area (Å²) in [6.45, 7) is 0.531. The molecule has 0 bridgehead atoms. The predicted molar refractivity (Wildman–Crippen MR) is 89.5 cm³/mol. The zero-order chi connectivity index (χ0) is 15.2. The lowest BCUT2D eigenvalue weighted by atomic mass is 10.0. The van der Waals surface area contributed by atoms with E-state index in [-0.39, 0.29) is 5.91 Å². The molecule has 2 nitrogen and oxygen atoms in total. The smallest absolute Gasteiger partial charge is 0.251 e. The highest BCUT2D eigenvalue weighted by atomic mass is 16.1. The summed E-state index contributed by atoms with van der Waals surface area (Å²) in [7, 11) is 0. The Balaban J connectivity index is 1.63. The maximum atomic E-state index is 12.0. The molecule has 1 N–H and O–H groups in total. The summed E-state index contributed by atoms with van der Waals surface area (Å²) >= 11 is 0. The van der Waals surface area contributed by atoms with E-state index >= 15 is 0 Å². The molecule has 108 valence electrons. The summed E-state index contributed by atoms with van der Waals surface area (Å²) in [5, 5.41) is 2.94. The van der Waals surface area contributed by atoms with Crippen molar-refractivity contribution in [2.24, 2.45) is 0 Å². The van der Waals surface area contributed by atoms with Crippen LogP contribution < -0.4 is 5.32 Å². The average Bonchev–Trinajstić information content (AvgIpc) is 2.61. The Labute approximate surface area is 130 Å². The minimum atomic E-state index is -0.0484. The van der Waals surface area contributed by atoms with Crippen molar-refractivity contribution >= 4 is 5.91 Å². The fourth-order valence-electron chi connectivity index (χ4n) is 2.32. The van der Waals surface area contributed by atoms with Crippen LogP contribution in [0, 0.1) is 0 Å². The number of nitrogens with one attached hydrogen (secondary N) is 1. The molecule has 0 aliphatic heterocycles. The molecule has 3 aromatic carbocycles. The molecular formula is C20H17NO. The van der Waals surface area contributed by atoms with Gasteiger partial charge in [-0.3, -0.25) is 4.79 Å². The average molecular weight is 287 g/mol. The second kappa shape index (κ2) is 6.72. The van der Waals surface area contributed by atoms with Gasteiger partial charge >= 0.3 is 0 Å². The van der Waals surface area contributed by atoms with Gasteiger partial charge < -0.3 is 5.32 Å². The van der Waals surface area contributed by atoms with E-state index in [9.17, 15) is 4.79 Å².